The van der Waals surface area contributed by atoms with Crippen molar-refractivity contribution in [2.45, 2.75) is 26.3 Å². The van der Waals surface area contributed by atoms with Crippen LogP contribution in [0.4, 0.5) is 0 Å². The van der Waals surface area contributed by atoms with Crippen molar-refractivity contribution in [3.8, 4) is 23.0 Å². The second-order valence-electron chi connectivity index (χ2n) is 9.21. The summed E-state index contributed by atoms with van der Waals surface area (Å²) in [6, 6.07) is 14.8. The second-order valence-corrected chi connectivity index (χ2v) is 10.2. The van der Waals surface area contributed by atoms with Crippen LogP contribution in [0.5, 0.6) is 23.0 Å². The van der Waals surface area contributed by atoms with Gasteiger partial charge in [-0.3, -0.25) is 9.59 Å². The van der Waals surface area contributed by atoms with Crippen LogP contribution >= 0.6 is 11.3 Å². The number of amides is 2. The van der Waals surface area contributed by atoms with Crippen LogP contribution in [-0.2, 0) is 22.5 Å². The summed E-state index contributed by atoms with van der Waals surface area (Å²) in [5.41, 5.74) is 1.40. The highest BCUT2D eigenvalue weighted by atomic mass is 32.1. The summed E-state index contributed by atoms with van der Waals surface area (Å²) < 4.78 is 27.0. The molecular formula is C31H40N2O7S. The number of ether oxygens (including phenoxy) is 5. The third-order valence-corrected chi connectivity index (χ3v) is 7.39. The Morgan fingerprint density at radius 2 is 1.56 bits per heavy atom. The molecule has 0 aliphatic carbocycles. The van der Waals surface area contributed by atoms with Crippen molar-refractivity contribution >= 4 is 23.2 Å². The second kappa shape index (κ2) is 16.5. The molecule has 0 saturated heterocycles. The molecule has 0 radical (unpaired) electrons. The highest BCUT2D eigenvalue weighted by molar-refractivity contribution is 7.09. The lowest BCUT2D eigenvalue weighted by Crippen LogP contribution is -2.44. The zero-order chi connectivity index (χ0) is 29.6. The van der Waals surface area contributed by atoms with Crippen molar-refractivity contribution in [3.63, 3.8) is 0 Å². The molecule has 2 aromatic carbocycles. The summed E-state index contributed by atoms with van der Waals surface area (Å²) in [7, 11) is 6.27. The first-order valence-corrected chi connectivity index (χ1v) is 14.4. The number of hydrogen-bond acceptors (Lipinski definition) is 8. The summed E-state index contributed by atoms with van der Waals surface area (Å²) in [4.78, 5) is 32.0. The molecule has 3 aromatic rings. The van der Waals surface area contributed by atoms with Crippen LogP contribution in [0.1, 0.15) is 34.1 Å². The number of rotatable bonds is 17. The van der Waals surface area contributed by atoms with Gasteiger partial charge in [0.1, 0.15) is 18.0 Å². The van der Waals surface area contributed by atoms with Crippen LogP contribution in [0.15, 0.2) is 53.9 Å². The summed E-state index contributed by atoms with van der Waals surface area (Å²) in [6.45, 7) is 4.24. The van der Waals surface area contributed by atoms with Crippen molar-refractivity contribution in [2.24, 2.45) is 0 Å². The quantitative estimate of drug-likeness (QED) is 0.208. The Bertz CT molecular complexity index is 1230. The molecular weight excluding hydrogens is 544 g/mol. The van der Waals surface area contributed by atoms with Crippen molar-refractivity contribution in [1.29, 1.82) is 0 Å². The fourth-order valence-electron chi connectivity index (χ4n) is 4.31. The van der Waals surface area contributed by atoms with Crippen molar-refractivity contribution < 1.29 is 33.3 Å². The van der Waals surface area contributed by atoms with Gasteiger partial charge in [0.2, 0.25) is 5.91 Å². The zero-order valence-electron chi connectivity index (χ0n) is 24.5. The van der Waals surface area contributed by atoms with Gasteiger partial charge in [-0.15, -0.1) is 11.3 Å². The fraction of sp³-hybridized carbons (Fsp3) is 0.419. The third kappa shape index (κ3) is 9.40. The normalized spacial score (nSPS) is 10.7. The Morgan fingerprint density at radius 1 is 0.829 bits per heavy atom. The number of nitrogens with zero attached hydrogens (tertiary/aromatic N) is 2. The van der Waals surface area contributed by atoms with E-state index in [1.807, 2.05) is 42.6 Å². The summed E-state index contributed by atoms with van der Waals surface area (Å²) in [6.07, 6.45) is 1.22. The molecule has 0 fully saturated rings. The van der Waals surface area contributed by atoms with E-state index in [1.165, 1.54) is 14.2 Å². The van der Waals surface area contributed by atoms with E-state index < -0.39 is 0 Å². The standard InChI is InChI=1S/C31H40N2O7S/c1-6-40-15-8-13-33(31(35)24-18-25(36-2)20-26(19-24)37-3)22-30(34)32(21-27-9-7-16-41-27)14-12-23-10-11-28(38-4)29(17-23)39-5/h7,9-11,16-20H,6,8,12-15,21-22H2,1-5H3. The Hall–Kier alpha value is -3.76. The van der Waals surface area contributed by atoms with E-state index in [0.717, 1.165) is 10.4 Å². The van der Waals surface area contributed by atoms with Crippen molar-refractivity contribution in [3.05, 3.63) is 69.9 Å². The molecule has 0 N–H and O–H groups in total. The van der Waals surface area contributed by atoms with Crippen LogP contribution in [0.25, 0.3) is 0 Å². The Kier molecular flexibility index (Phi) is 12.8. The molecule has 0 spiro atoms. The van der Waals surface area contributed by atoms with E-state index in [9.17, 15) is 9.59 Å². The van der Waals surface area contributed by atoms with E-state index in [0.29, 0.717) is 74.3 Å². The highest BCUT2D eigenvalue weighted by Gasteiger charge is 2.24. The number of carbonyl (C=O) groups excluding carboxylic acids is 2. The monoisotopic (exact) mass is 584 g/mol. The first-order chi connectivity index (χ1) is 19.9. The number of benzene rings is 2. The van der Waals surface area contributed by atoms with Gasteiger partial charge in [-0.2, -0.15) is 0 Å². The fourth-order valence-corrected chi connectivity index (χ4v) is 5.03. The van der Waals surface area contributed by atoms with Gasteiger partial charge < -0.3 is 33.5 Å². The minimum atomic E-state index is -0.275. The van der Waals surface area contributed by atoms with Crippen LogP contribution < -0.4 is 18.9 Å². The van der Waals surface area contributed by atoms with Gasteiger partial charge in [0.25, 0.3) is 5.91 Å². The average Bonchev–Trinajstić information content (AvgIpc) is 3.53. The van der Waals surface area contributed by atoms with Gasteiger partial charge in [0.15, 0.2) is 11.5 Å². The molecule has 3 rings (SSSR count). The molecule has 2 amide bonds. The predicted octanol–water partition coefficient (Wildman–Crippen LogP) is 4.92. The maximum absolute atomic E-state index is 13.8. The van der Waals surface area contributed by atoms with Crippen LogP contribution in [-0.4, -0.2) is 82.9 Å². The smallest absolute Gasteiger partial charge is 0.254 e. The van der Waals surface area contributed by atoms with E-state index in [1.54, 1.807) is 53.6 Å². The molecule has 1 heterocycles. The molecule has 0 saturated carbocycles. The molecule has 222 valence electrons. The Labute approximate surface area is 246 Å². The maximum Gasteiger partial charge on any atom is 0.254 e. The van der Waals surface area contributed by atoms with Gasteiger partial charge >= 0.3 is 0 Å². The van der Waals surface area contributed by atoms with Crippen molar-refractivity contribution in [1.82, 2.24) is 9.80 Å². The lowest BCUT2D eigenvalue weighted by Gasteiger charge is -2.28. The molecule has 41 heavy (non-hydrogen) atoms. The van der Waals surface area contributed by atoms with E-state index in [4.69, 9.17) is 23.7 Å². The molecule has 1 aromatic heterocycles. The number of carbonyl (C=O) groups is 2. The van der Waals surface area contributed by atoms with E-state index >= 15 is 0 Å². The van der Waals surface area contributed by atoms with E-state index in [-0.39, 0.29) is 18.4 Å². The molecule has 0 aliphatic rings. The maximum atomic E-state index is 13.8. The zero-order valence-corrected chi connectivity index (χ0v) is 25.3. The van der Waals surface area contributed by atoms with Crippen molar-refractivity contribution in [2.75, 3.05) is 61.3 Å². The molecule has 0 atom stereocenters. The number of thiophene rings is 1. The molecule has 0 unspecified atom stereocenters. The molecule has 9 nitrogen and oxygen atoms in total. The SMILES string of the molecule is CCOCCCN(CC(=O)N(CCc1ccc(OC)c(OC)c1)Cc1cccs1)C(=O)c1cc(OC)cc(OC)c1. The van der Waals surface area contributed by atoms with E-state index in [2.05, 4.69) is 0 Å². The lowest BCUT2D eigenvalue weighted by atomic mass is 10.1. The van der Waals surface area contributed by atoms with Gasteiger partial charge in [0.05, 0.1) is 35.0 Å². The molecule has 0 bridgehead atoms. The Balaban J connectivity index is 1.82. The van der Waals surface area contributed by atoms with Gasteiger partial charge in [0, 0.05) is 42.8 Å². The minimum absolute atomic E-state index is 0.0677. The first-order valence-electron chi connectivity index (χ1n) is 13.5. The number of methoxy groups -OCH3 is 4. The van der Waals surface area contributed by atoms with Crippen LogP contribution in [0.2, 0.25) is 0 Å². The Morgan fingerprint density at radius 3 is 2.17 bits per heavy atom. The third-order valence-electron chi connectivity index (χ3n) is 6.53. The lowest BCUT2D eigenvalue weighted by molar-refractivity contribution is -0.132. The van der Waals surface area contributed by atoms with Crippen LogP contribution in [0.3, 0.4) is 0 Å². The topological polar surface area (TPSA) is 86.8 Å². The highest BCUT2D eigenvalue weighted by Crippen LogP contribution is 2.28. The predicted molar refractivity (Wildman–Crippen MR) is 160 cm³/mol. The van der Waals surface area contributed by atoms with Gasteiger partial charge in [-0.25, -0.2) is 0 Å². The molecule has 0 aliphatic heterocycles. The summed E-state index contributed by atoms with van der Waals surface area (Å²) >= 11 is 1.60. The average molecular weight is 585 g/mol. The number of hydrogen-bond donors (Lipinski definition) is 0. The largest absolute Gasteiger partial charge is 0.497 e. The summed E-state index contributed by atoms with van der Waals surface area (Å²) in [5, 5.41) is 1.99. The first kappa shape index (κ1) is 31.8. The van der Waals surface area contributed by atoms with Gasteiger partial charge in [-0.05, 0) is 61.0 Å². The van der Waals surface area contributed by atoms with Gasteiger partial charge in [-0.1, -0.05) is 12.1 Å². The molecule has 10 heteroatoms. The van der Waals surface area contributed by atoms with Crippen LogP contribution in [0, 0.1) is 0 Å². The minimum Gasteiger partial charge on any atom is -0.497 e. The summed E-state index contributed by atoms with van der Waals surface area (Å²) in [5.74, 6) is 1.88.